The van der Waals surface area contributed by atoms with E-state index in [1.54, 1.807) is 11.3 Å². The molecule has 0 bridgehead atoms. The second-order valence-corrected chi connectivity index (χ2v) is 7.66. The van der Waals surface area contributed by atoms with Crippen LogP contribution in [0.4, 0.5) is 5.69 Å². The van der Waals surface area contributed by atoms with Crippen LogP contribution in [-0.4, -0.2) is 19.0 Å². The molecular formula is C22H22N2OS. The smallest absolute Gasteiger partial charge is 0.251 e. The molecule has 0 saturated carbocycles. The number of nitrogens with zero attached hydrogens (tertiary/aromatic N) is 1. The molecule has 0 aliphatic carbocycles. The Morgan fingerprint density at radius 2 is 2.04 bits per heavy atom. The molecule has 1 aliphatic rings. The van der Waals surface area contributed by atoms with Crippen LogP contribution >= 0.6 is 11.3 Å². The fourth-order valence-corrected chi connectivity index (χ4v) is 4.45. The summed E-state index contributed by atoms with van der Waals surface area (Å²) >= 11 is 1.75. The van der Waals surface area contributed by atoms with E-state index in [0.29, 0.717) is 6.54 Å². The maximum atomic E-state index is 12.6. The van der Waals surface area contributed by atoms with E-state index in [4.69, 9.17) is 0 Å². The predicted octanol–water partition coefficient (Wildman–Crippen LogP) is 4.59. The summed E-state index contributed by atoms with van der Waals surface area (Å²) < 4.78 is 0. The highest BCUT2D eigenvalue weighted by atomic mass is 32.1. The average molecular weight is 362 g/mol. The van der Waals surface area contributed by atoms with Gasteiger partial charge in [0.25, 0.3) is 5.91 Å². The molecule has 2 heterocycles. The number of carbonyl (C=O) groups excluding carboxylic acids is 1. The van der Waals surface area contributed by atoms with E-state index < -0.39 is 0 Å². The molecule has 0 saturated heterocycles. The van der Waals surface area contributed by atoms with Gasteiger partial charge < -0.3 is 10.2 Å². The Morgan fingerprint density at radius 1 is 1.15 bits per heavy atom. The lowest BCUT2D eigenvalue weighted by Crippen LogP contribution is -2.37. The molecular weight excluding hydrogens is 340 g/mol. The molecule has 1 amide bonds. The number of hydrogen-bond donors (Lipinski definition) is 1. The summed E-state index contributed by atoms with van der Waals surface area (Å²) in [4.78, 5) is 16.3. The van der Waals surface area contributed by atoms with Crippen molar-refractivity contribution in [3.8, 4) is 0 Å². The average Bonchev–Trinajstić information content (AvgIpc) is 3.32. The van der Waals surface area contributed by atoms with Crippen molar-refractivity contribution in [2.45, 2.75) is 19.4 Å². The van der Waals surface area contributed by atoms with Gasteiger partial charge in [-0.25, -0.2) is 0 Å². The molecule has 3 nitrogen and oxygen atoms in total. The predicted molar refractivity (Wildman–Crippen MR) is 108 cm³/mol. The first kappa shape index (κ1) is 16.9. The van der Waals surface area contributed by atoms with E-state index in [1.165, 1.54) is 16.1 Å². The third-order valence-electron chi connectivity index (χ3n) is 4.91. The lowest BCUT2D eigenvalue weighted by molar-refractivity contribution is 0.0951. The molecule has 0 spiro atoms. The highest BCUT2D eigenvalue weighted by molar-refractivity contribution is 7.10. The minimum atomic E-state index is -0.0114. The van der Waals surface area contributed by atoms with Gasteiger partial charge in [-0.15, -0.1) is 11.3 Å². The van der Waals surface area contributed by atoms with Crippen LogP contribution in [0.1, 0.15) is 32.4 Å². The van der Waals surface area contributed by atoms with Crippen LogP contribution in [0.5, 0.6) is 0 Å². The molecule has 0 fully saturated rings. The number of amides is 1. The number of aryl methyl sites for hydroxylation is 1. The minimum absolute atomic E-state index is 0.0114. The Balaban J connectivity index is 1.55. The Hall–Kier alpha value is -2.59. The van der Waals surface area contributed by atoms with Crippen molar-refractivity contribution in [1.82, 2.24) is 5.32 Å². The van der Waals surface area contributed by atoms with E-state index >= 15 is 0 Å². The first-order valence-electron chi connectivity index (χ1n) is 8.95. The van der Waals surface area contributed by atoms with Crippen LogP contribution in [0.3, 0.4) is 0 Å². The van der Waals surface area contributed by atoms with Crippen LogP contribution in [-0.2, 0) is 6.42 Å². The Labute approximate surface area is 158 Å². The van der Waals surface area contributed by atoms with Crippen molar-refractivity contribution >= 4 is 22.9 Å². The first-order chi connectivity index (χ1) is 12.7. The van der Waals surface area contributed by atoms with Crippen molar-refractivity contribution in [3.05, 3.63) is 87.6 Å². The number of hydrogen-bond acceptors (Lipinski definition) is 3. The van der Waals surface area contributed by atoms with Crippen LogP contribution in [0.25, 0.3) is 0 Å². The monoisotopic (exact) mass is 362 g/mol. The lowest BCUT2D eigenvalue weighted by Gasteiger charge is -2.30. The summed E-state index contributed by atoms with van der Waals surface area (Å²) in [5.41, 5.74) is 4.49. The Kier molecular flexibility index (Phi) is 4.76. The largest absolute Gasteiger partial charge is 0.361 e. The van der Waals surface area contributed by atoms with Crippen molar-refractivity contribution in [3.63, 3.8) is 0 Å². The number of rotatable bonds is 5. The fourth-order valence-electron chi connectivity index (χ4n) is 3.61. The number of carbonyl (C=O) groups is 1. The van der Waals surface area contributed by atoms with E-state index in [-0.39, 0.29) is 11.9 Å². The maximum Gasteiger partial charge on any atom is 0.251 e. The van der Waals surface area contributed by atoms with E-state index in [1.807, 2.05) is 31.2 Å². The highest BCUT2D eigenvalue weighted by Gasteiger charge is 2.28. The van der Waals surface area contributed by atoms with Crippen molar-refractivity contribution in [2.75, 3.05) is 18.0 Å². The molecule has 26 heavy (non-hydrogen) atoms. The summed E-state index contributed by atoms with van der Waals surface area (Å²) in [5, 5.41) is 5.25. The fraction of sp³-hybridized carbons (Fsp3) is 0.227. The Bertz CT molecular complexity index is 904. The minimum Gasteiger partial charge on any atom is -0.361 e. The molecule has 4 heteroatoms. The zero-order chi connectivity index (χ0) is 17.9. The molecule has 2 aromatic carbocycles. The van der Waals surface area contributed by atoms with Crippen molar-refractivity contribution in [1.29, 1.82) is 0 Å². The van der Waals surface area contributed by atoms with Gasteiger partial charge in [-0.3, -0.25) is 4.79 Å². The normalized spacial score (nSPS) is 14.1. The number of benzene rings is 2. The standard InChI is InChI=1S/C22H22N2OS/c1-16-6-4-8-18(14-16)22(25)23-15-20(21-10-5-13-26-21)24-12-11-17-7-2-3-9-19(17)24/h2-10,13-14,20H,11-12,15H2,1H3,(H,23,25). The van der Waals surface area contributed by atoms with Gasteiger partial charge in [0.05, 0.1) is 6.04 Å². The third-order valence-corrected chi connectivity index (χ3v) is 5.88. The van der Waals surface area contributed by atoms with Crippen molar-refractivity contribution < 1.29 is 4.79 Å². The van der Waals surface area contributed by atoms with E-state index in [0.717, 1.165) is 24.1 Å². The van der Waals surface area contributed by atoms with Crippen molar-refractivity contribution in [2.24, 2.45) is 0 Å². The van der Waals surface area contributed by atoms with Gasteiger partial charge in [-0.2, -0.15) is 0 Å². The van der Waals surface area contributed by atoms with Crippen LogP contribution < -0.4 is 10.2 Å². The number of nitrogens with one attached hydrogen (secondary N) is 1. The number of anilines is 1. The molecule has 1 aliphatic heterocycles. The van der Waals surface area contributed by atoms with Gasteiger partial charge in [-0.05, 0) is 48.6 Å². The molecule has 132 valence electrons. The summed E-state index contributed by atoms with van der Waals surface area (Å²) in [6.07, 6.45) is 1.06. The number of para-hydroxylation sites is 1. The van der Waals surface area contributed by atoms with Gasteiger partial charge in [0.15, 0.2) is 0 Å². The molecule has 1 atom stereocenters. The second kappa shape index (κ2) is 7.34. The summed E-state index contributed by atoms with van der Waals surface area (Å²) in [6, 6.07) is 20.7. The van der Waals surface area contributed by atoms with E-state index in [2.05, 4.69) is 52.0 Å². The van der Waals surface area contributed by atoms with Crippen LogP contribution in [0.15, 0.2) is 66.0 Å². The summed E-state index contributed by atoms with van der Waals surface area (Å²) in [5.74, 6) is -0.0114. The number of thiophene rings is 1. The topological polar surface area (TPSA) is 32.3 Å². The van der Waals surface area contributed by atoms with Crippen LogP contribution in [0, 0.1) is 6.92 Å². The van der Waals surface area contributed by atoms with Crippen LogP contribution in [0.2, 0.25) is 0 Å². The molecule has 1 N–H and O–H groups in total. The molecule has 3 aromatic rings. The summed E-state index contributed by atoms with van der Waals surface area (Å²) in [6.45, 7) is 3.59. The zero-order valence-electron chi connectivity index (χ0n) is 14.8. The Morgan fingerprint density at radius 3 is 2.85 bits per heavy atom. The lowest BCUT2D eigenvalue weighted by atomic mass is 10.1. The zero-order valence-corrected chi connectivity index (χ0v) is 15.6. The van der Waals surface area contributed by atoms with Gasteiger partial charge in [0.2, 0.25) is 0 Å². The third kappa shape index (κ3) is 3.37. The maximum absolute atomic E-state index is 12.6. The van der Waals surface area contributed by atoms with Gasteiger partial charge in [0.1, 0.15) is 0 Å². The van der Waals surface area contributed by atoms with Gasteiger partial charge >= 0.3 is 0 Å². The molecule has 4 rings (SSSR count). The summed E-state index contributed by atoms with van der Waals surface area (Å²) in [7, 11) is 0. The number of fused-ring (bicyclic) bond motifs is 1. The quantitative estimate of drug-likeness (QED) is 0.720. The first-order valence-corrected chi connectivity index (χ1v) is 9.83. The molecule has 1 unspecified atom stereocenters. The molecule has 1 aromatic heterocycles. The second-order valence-electron chi connectivity index (χ2n) is 6.68. The highest BCUT2D eigenvalue weighted by Crippen LogP contribution is 2.36. The SMILES string of the molecule is Cc1cccc(C(=O)NCC(c2cccs2)N2CCc3ccccc32)c1. The van der Waals surface area contributed by atoms with Gasteiger partial charge in [-0.1, -0.05) is 42.0 Å². The van der Waals surface area contributed by atoms with E-state index in [9.17, 15) is 4.79 Å². The molecule has 0 radical (unpaired) electrons. The van der Waals surface area contributed by atoms with Gasteiger partial charge in [0, 0.05) is 29.2 Å².